The van der Waals surface area contributed by atoms with Crippen LogP contribution in [0.1, 0.15) is 15.9 Å². The molecule has 0 aliphatic carbocycles. The lowest BCUT2D eigenvalue weighted by molar-refractivity contribution is 0.102. The predicted octanol–water partition coefficient (Wildman–Crippen LogP) is 4.46. The third-order valence-electron chi connectivity index (χ3n) is 3.64. The van der Waals surface area contributed by atoms with Crippen molar-refractivity contribution in [2.45, 2.75) is 6.54 Å². The van der Waals surface area contributed by atoms with Gasteiger partial charge in [-0.2, -0.15) is 0 Å². The Hall–Kier alpha value is -2.56. The lowest BCUT2D eigenvalue weighted by Crippen LogP contribution is -2.22. The Morgan fingerprint density at radius 3 is 2.48 bits per heavy atom. The zero-order chi connectivity index (χ0) is 17.8. The molecule has 3 rings (SSSR count). The second kappa shape index (κ2) is 7.55. The van der Waals surface area contributed by atoms with Gasteiger partial charge in [-0.05, 0) is 23.8 Å². The van der Waals surface area contributed by atoms with Crippen molar-refractivity contribution < 1.29 is 4.79 Å². The minimum absolute atomic E-state index is 0.179. The van der Waals surface area contributed by atoms with Gasteiger partial charge in [0.15, 0.2) is 0 Å². The summed E-state index contributed by atoms with van der Waals surface area (Å²) in [5.41, 5.74) is 1.56. The highest BCUT2D eigenvalue weighted by Crippen LogP contribution is 2.29. The number of anilines is 1. The van der Waals surface area contributed by atoms with E-state index in [2.05, 4.69) is 5.32 Å². The van der Waals surface area contributed by atoms with Crippen molar-refractivity contribution in [3.05, 3.63) is 98.4 Å². The number of hydrogen-bond acceptors (Lipinski definition) is 2. The molecule has 0 radical (unpaired) electrons. The highest BCUT2D eigenvalue weighted by molar-refractivity contribution is 6.44. The number of amides is 1. The summed E-state index contributed by atoms with van der Waals surface area (Å²) in [6, 6.07) is 17.4. The SMILES string of the molecule is O=C(Nc1cccc(Cl)c1Cl)c1ccc(=O)n(Cc2ccccc2)c1. The van der Waals surface area contributed by atoms with Crippen molar-refractivity contribution in [1.29, 1.82) is 0 Å². The van der Waals surface area contributed by atoms with Crippen LogP contribution in [-0.4, -0.2) is 10.5 Å². The van der Waals surface area contributed by atoms with E-state index in [0.717, 1.165) is 5.56 Å². The van der Waals surface area contributed by atoms with Crippen molar-refractivity contribution in [2.24, 2.45) is 0 Å². The van der Waals surface area contributed by atoms with Crippen LogP contribution in [0, 0.1) is 0 Å². The molecule has 4 nitrogen and oxygen atoms in total. The van der Waals surface area contributed by atoms with Crippen molar-refractivity contribution in [2.75, 3.05) is 5.32 Å². The molecule has 0 bridgehead atoms. The first kappa shape index (κ1) is 17.3. The average Bonchev–Trinajstić information content (AvgIpc) is 2.61. The van der Waals surface area contributed by atoms with Gasteiger partial charge in [0, 0.05) is 12.3 Å². The molecule has 0 fully saturated rings. The van der Waals surface area contributed by atoms with Crippen LogP contribution in [0.3, 0.4) is 0 Å². The van der Waals surface area contributed by atoms with Crippen LogP contribution in [0.5, 0.6) is 0 Å². The van der Waals surface area contributed by atoms with E-state index in [0.29, 0.717) is 22.8 Å². The fourth-order valence-electron chi connectivity index (χ4n) is 2.36. The molecule has 25 heavy (non-hydrogen) atoms. The van der Waals surface area contributed by atoms with Crippen LogP contribution in [0.4, 0.5) is 5.69 Å². The first-order valence-electron chi connectivity index (χ1n) is 7.54. The first-order chi connectivity index (χ1) is 12.0. The summed E-state index contributed by atoms with van der Waals surface area (Å²) in [6.07, 6.45) is 1.53. The minimum Gasteiger partial charge on any atom is -0.321 e. The maximum absolute atomic E-state index is 12.5. The van der Waals surface area contributed by atoms with Crippen LogP contribution >= 0.6 is 23.2 Å². The predicted molar refractivity (Wildman–Crippen MR) is 101 cm³/mol. The zero-order valence-electron chi connectivity index (χ0n) is 13.1. The number of nitrogens with zero attached hydrogens (tertiary/aromatic N) is 1. The number of hydrogen-bond donors (Lipinski definition) is 1. The molecule has 1 heterocycles. The Morgan fingerprint density at radius 1 is 0.960 bits per heavy atom. The second-order valence-corrected chi connectivity index (χ2v) is 6.21. The third-order valence-corrected chi connectivity index (χ3v) is 4.46. The Balaban J connectivity index is 1.85. The Labute approximate surface area is 154 Å². The van der Waals surface area contributed by atoms with Crippen molar-refractivity contribution in [1.82, 2.24) is 4.57 Å². The van der Waals surface area contributed by atoms with Gasteiger partial charge in [-0.3, -0.25) is 9.59 Å². The van der Waals surface area contributed by atoms with E-state index in [9.17, 15) is 9.59 Å². The number of benzene rings is 2. The lowest BCUT2D eigenvalue weighted by atomic mass is 10.2. The quantitative estimate of drug-likeness (QED) is 0.734. The fourth-order valence-corrected chi connectivity index (χ4v) is 2.71. The van der Waals surface area contributed by atoms with Crippen molar-refractivity contribution in [3.8, 4) is 0 Å². The topological polar surface area (TPSA) is 51.1 Å². The van der Waals surface area contributed by atoms with Crippen LogP contribution in [-0.2, 0) is 6.54 Å². The largest absolute Gasteiger partial charge is 0.321 e. The number of rotatable bonds is 4. The van der Waals surface area contributed by atoms with Gasteiger partial charge >= 0.3 is 0 Å². The molecular formula is C19H14Cl2N2O2. The molecule has 0 unspecified atom stereocenters. The van der Waals surface area contributed by atoms with Crippen LogP contribution in [0.25, 0.3) is 0 Å². The summed E-state index contributed by atoms with van der Waals surface area (Å²) in [7, 11) is 0. The molecule has 3 aromatic rings. The van der Waals surface area contributed by atoms with Gasteiger partial charge in [-0.25, -0.2) is 0 Å². The highest BCUT2D eigenvalue weighted by atomic mass is 35.5. The Morgan fingerprint density at radius 2 is 1.72 bits per heavy atom. The standard InChI is InChI=1S/C19H14Cl2N2O2/c20-15-7-4-8-16(18(15)21)22-19(25)14-9-10-17(24)23(12-14)11-13-5-2-1-3-6-13/h1-10,12H,11H2,(H,22,25). The van der Waals surface area contributed by atoms with Gasteiger partial charge < -0.3 is 9.88 Å². The van der Waals surface area contributed by atoms with Gasteiger partial charge in [-0.15, -0.1) is 0 Å². The highest BCUT2D eigenvalue weighted by Gasteiger charge is 2.11. The molecule has 0 spiro atoms. The molecular weight excluding hydrogens is 359 g/mol. The summed E-state index contributed by atoms with van der Waals surface area (Å²) < 4.78 is 1.49. The second-order valence-electron chi connectivity index (χ2n) is 5.43. The molecule has 6 heteroatoms. The molecule has 2 aromatic carbocycles. The minimum atomic E-state index is -0.369. The molecule has 1 aromatic heterocycles. The van der Waals surface area contributed by atoms with Crippen LogP contribution in [0.15, 0.2) is 71.7 Å². The van der Waals surface area contributed by atoms with E-state index in [1.54, 1.807) is 18.2 Å². The summed E-state index contributed by atoms with van der Waals surface area (Å²) in [5, 5.41) is 3.34. The van der Waals surface area contributed by atoms with Gasteiger partial charge in [0.2, 0.25) is 0 Å². The summed E-state index contributed by atoms with van der Waals surface area (Å²) in [4.78, 5) is 24.5. The number of pyridine rings is 1. The number of nitrogens with one attached hydrogen (secondary N) is 1. The summed E-state index contributed by atoms with van der Waals surface area (Å²) in [5.74, 6) is -0.369. The van der Waals surface area contributed by atoms with E-state index >= 15 is 0 Å². The zero-order valence-corrected chi connectivity index (χ0v) is 14.6. The molecule has 126 valence electrons. The van der Waals surface area contributed by atoms with Crippen molar-refractivity contribution in [3.63, 3.8) is 0 Å². The van der Waals surface area contributed by atoms with E-state index in [4.69, 9.17) is 23.2 Å². The molecule has 0 atom stereocenters. The smallest absolute Gasteiger partial charge is 0.257 e. The fraction of sp³-hybridized carbons (Fsp3) is 0.0526. The molecule has 0 aliphatic heterocycles. The number of aromatic nitrogens is 1. The van der Waals surface area contributed by atoms with E-state index in [-0.39, 0.29) is 16.5 Å². The third kappa shape index (κ3) is 4.10. The average molecular weight is 373 g/mol. The Kier molecular flexibility index (Phi) is 5.22. The number of carbonyl (C=O) groups excluding carboxylic acids is 1. The number of halogens is 2. The first-order valence-corrected chi connectivity index (χ1v) is 8.30. The van der Waals surface area contributed by atoms with Crippen molar-refractivity contribution >= 4 is 34.8 Å². The molecule has 1 amide bonds. The van der Waals surface area contributed by atoms with Gasteiger partial charge in [0.1, 0.15) is 0 Å². The Bertz CT molecular complexity index is 969. The molecule has 0 saturated carbocycles. The summed E-state index contributed by atoms with van der Waals surface area (Å²) >= 11 is 12.0. The molecule has 0 aliphatic rings. The van der Waals surface area contributed by atoms with Gasteiger partial charge in [0.05, 0.1) is 27.8 Å². The van der Waals surface area contributed by atoms with Crippen LogP contribution < -0.4 is 10.9 Å². The van der Waals surface area contributed by atoms with Crippen LogP contribution in [0.2, 0.25) is 10.0 Å². The normalized spacial score (nSPS) is 10.5. The number of carbonyl (C=O) groups is 1. The van der Waals surface area contributed by atoms with E-state index < -0.39 is 0 Å². The molecule has 1 N–H and O–H groups in total. The van der Waals surface area contributed by atoms with E-state index in [1.807, 2.05) is 30.3 Å². The summed E-state index contributed by atoms with van der Waals surface area (Å²) in [6.45, 7) is 0.388. The maximum Gasteiger partial charge on any atom is 0.257 e. The lowest BCUT2D eigenvalue weighted by Gasteiger charge is -2.10. The van der Waals surface area contributed by atoms with E-state index in [1.165, 1.54) is 22.9 Å². The molecule has 0 saturated heterocycles. The van der Waals surface area contributed by atoms with Gasteiger partial charge in [0.25, 0.3) is 11.5 Å². The monoisotopic (exact) mass is 372 g/mol. The maximum atomic E-state index is 12.5. The van der Waals surface area contributed by atoms with Gasteiger partial charge in [-0.1, -0.05) is 59.6 Å².